The first-order chi connectivity index (χ1) is 8.48. The Morgan fingerprint density at radius 1 is 1.33 bits per heavy atom. The summed E-state index contributed by atoms with van der Waals surface area (Å²) in [7, 11) is 0. The number of anilines is 1. The van der Waals surface area contributed by atoms with Crippen LogP contribution in [0.1, 0.15) is 30.4 Å². The van der Waals surface area contributed by atoms with E-state index in [1.165, 1.54) is 6.07 Å². The fraction of sp³-hybridized carbons (Fsp3) is 0.538. The van der Waals surface area contributed by atoms with Gasteiger partial charge in [0.25, 0.3) is 0 Å². The van der Waals surface area contributed by atoms with Crippen LogP contribution in [0, 0.1) is 0 Å². The second-order valence-corrected chi connectivity index (χ2v) is 4.71. The molecule has 100 valence electrons. The largest absolute Gasteiger partial charge is 0.418 e. The summed E-state index contributed by atoms with van der Waals surface area (Å²) in [4.78, 5) is 0. The Balaban J connectivity index is 2.08. The number of halogens is 3. The molecule has 1 heterocycles. The van der Waals surface area contributed by atoms with E-state index < -0.39 is 11.7 Å². The highest BCUT2D eigenvalue weighted by atomic mass is 19.4. The predicted molar refractivity (Wildman–Crippen MR) is 65.2 cm³/mol. The van der Waals surface area contributed by atoms with Crippen molar-refractivity contribution in [2.45, 2.75) is 37.9 Å². The Morgan fingerprint density at radius 3 is 2.72 bits per heavy atom. The lowest BCUT2D eigenvalue weighted by Gasteiger charge is -2.15. The fourth-order valence-electron chi connectivity index (χ4n) is 2.41. The second-order valence-electron chi connectivity index (χ2n) is 4.71. The molecule has 0 aliphatic carbocycles. The van der Waals surface area contributed by atoms with Crippen LogP contribution < -0.4 is 11.1 Å². The summed E-state index contributed by atoms with van der Waals surface area (Å²) in [6.07, 6.45) is -0.702. The van der Waals surface area contributed by atoms with E-state index in [-0.39, 0.29) is 5.69 Å². The summed E-state index contributed by atoms with van der Waals surface area (Å²) in [6.45, 7) is 1.00. The molecule has 1 aromatic carbocycles. The maximum atomic E-state index is 12.7. The molecule has 2 rings (SSSR count). The molecule has 5 heteroatoms. The van der Waals surface area contributed by atoms with Gasteiger partial charge in [0.05, 0.1) is 5.56 Å². The Hall–Kier alpha value is -1.23. The average Bonchev–Trinajstić information content (AvgIpc) is 2.79. The van der Waals surface area contributed by atoms with Crippen LogP contribution in [0.5, 0.6) is 0 Å². The number of aryl methyl sites for hydroxylation is 1. The number of rotatable bonds is 3. The first kappa shape index (κ1) is 13.2. The zero-order valence-corrected chi connectivity index (χ0v) is 10.1. The van der Waals surface area contributed by atoms with Gasteiger partial charge in [-0.1, -0.05) is 12.1 Å². The van der Waals surface area contributed by atoms with Gasteiger partial charge in [0.15, 0.2) is 0 Å². The van der Waals surface area contributed by atoms with Gasteiger partial charge in [-0.05, 0) is 43.9 Å². The Kier molecular flexibility index (Phi) is 3.80. The highest BCUT2D eigenvalue weighted by molar-refractivity contribution is 5.55. The molecule has 0 bridgehead atoms. The third kappa shape index (κ3) is 2.96. The van der Waals surface area contributed by atoms with E-state index in [2.05, 4.69) is 5.32 Å². The molecule has 1 saturated heterocycles. The van der Waals surface area contributed by atoms with E-state index >= 15 is 0 Å². The highest BCUT2D eigenvalue weighted by Crippen LogP contribution is 2.35. The minimum absolute atomic E-state index is 0.122. The lowest BCUT2D eigenvalue weighted by atomic mass is 10.00. The fourth-order valence-corrected chi connectivity index (χ4v) is 2.41. The Morgan fingerprint density at radius 2 is 2.11 bits per heavy atom. The van der Waals surface area contributed by atoms with E-state index in [0.29, 0.717) is 18.0 Å². The van der Waals surface area contributed by atoms with Crippen LogP contribution in [0.15, 0.2) is 18.2 Å². The van der Waals surface area contributed by atoms with Crippen molar-refractivity contribution in [1.29, 1.82) is 0 Å². The van der Waals surface area contributed by atoms with E-state index in [9.17, 15) is 13.2 Å². The van der Waals surface area contributed by atoms with Crippen molar-refractivity contribution in [2.24, 2.45) is 0 Å². The Bertz CT molecular complexity index is 409. The SMILES string of the molecule is Nc1c(CCC2CCCN2)cccc1C(F)(F)F. The van der Waals surface area contributed by atoms with Crippen molar-refractivity contribution in [3.63, 3.8) is 0 Å². The third-order valence-corrected chi connectivity index (χ3v) is 3.43. The van der Waals surface area contributed by atoms with E-state index in [1.807, 2.05) is 0 Å². The molecule has 0 aromatic heterocycles. The summed E-state index contributed by atoms with van der Waals surface area (Å²) < 4.78 is 38.0. The molecule has 1 aliphatic heterocycles. The van der Waals surface area contributed by atoms with Crippen LogP contribution in [0.25, 0.3) is 0 Å². The molecule has 0 spiro atoms. The standard InChI is InChI=1S/C13H17F3N2/c14-13(15,16)11-5-1-3-9(12(11)17)6-7-10-4-2-8-18-10/h1,3,5,10,18H,2,4,6-8,17H2. The van der Waals surface area contributed by atoms with Gasteiger partial charge in [0.1, 0.15) is 0 Å². The lowest BCUT2D eigenvalue weighted by molar-refractivity contribution is -0.136. The van der Waals surface area contributed by atoms with Crippen LogP contribution in [-0.4, -0.2) is 12.6 Å². The minimum atomic E-state index is -4.37. The molecule has 0 radical (unpaired) electrons. The minimum Gasteiger partial charge on any atom is -0.398 e. The lowest BCUT2D eigenvalue weighted by Crippen LogP contribution is -2.22. The smallest absolute Gasteiger partial charge is 0.398 e. The number of benzene rings is 1. The number of nitrogens with one attached hydrogen (secondary N) is 1. The maximum absolute atomic E-state index is 12.7. The molecule has 1 fully saturated rings. The van der Waals surface area contributed by atoms with Crippen molar-refractivity contribution >= 4 is 5.69 Å². The molecule has 18 heavy (non-hydrogen) atoms. The number of hydrogen-bond donors (Lipinski definition) is 2. The summed E-state index contributed by atoms with van der Waals surface area (Å²) in [5.41, 5.74) is 5.36. The first-order valence-electron chi connectivity index (χ1n) is 6.16. The Labute approximate surface area is 104 Å². The van der Waals surface area contributed by atoms with Gasteiger partial charge in [0, 0.05) is 11.7 Å². The summed E-state index contributed by atoms with van der Waals surface area (Å²) >= 11 is 0. The van der Waals surface area contributed by atoms with Crippen LogP contribution in [0.3, 0.4) is 0 Å². The number of nitrogens with two attached hydrogens (primary N) is 1. The zero-order valence-electron chi connectivity index (χ0n) is 10.1. The first-order valence-corrected chi connectivity index (χ1v) is 6.16. The normalized spacial score (nSPS) is 20.3. The van der Waals surface area contributed by atoms with Gasteiger partial charge < -0.3 is 11.1 Å². The molecule has 1 aliphatic rings. The van der Waals surface area contributed by atoms with E-state index in [0.717, 1.165) is 31.9 Å². The van der Waals surface area contributed by atoms with Gasteiger partial charge in [-0.3, -0.25) is 0 Å². The van der Waals surface area contributed by atoms with Gasteiger partial charge in [-0.2, -0.15) is 13.2 Å². The quantitative estimate of drug-likeness (QED) is 0.818. The number of nitrogen functional groups attached to an aromatic ring is 1. The molecule has 1 atom stereocenters. The number of hydrogen-bond acceptors (Lipinski definition) is 2. The van der Waals surface area contributed by atoms with E-state index in [4.69, 9.17) is 5.73 Å². The van der Waals surface area contributed by atoms with Crippen molar-refractivity contribution < 1.29 is 13.2 Å². The molecule has 3 N–H and O–H groups in total. The third-order valence-electron chi connectivity index (χ3n) is 3.43. The molecule has 0 saturated carbocycles. The maximum Gasteiger partial charge on any atom is 0.418 e. The predicted octanol–water partition coefficient (Wildman–Crippen LogP) is 2.97. The molecule has 1 unspecified atom stereocenters. The van der Waals surface area contributed by atoms with Crippen LogP contribution in [0.4, 0.5) is 18.9 Å². The summed E-state index contributed by atoms with van der Waals surface area (Å²) in [5.74, 6) is 0. The van der Waals surface area contributed by atoms with Gasteiger partial charge in [-0.15, -0.1) is 0 Å². The zero-order chi connectivity index (χ0) is 13.2. The molecular weight excluding hydrogens is 241 g/mol. The van der Waals surface area contributed by atoms with Crippen molar-refractivity contribution in [1.82, 2.24) is 5.32 Å². The van der Waals surface area contributed by atoms with Crippen LogP contribution in [0.2, 0.25) is 0 Å². The van der Waals surface area contributed by atoms with Crippen molar-refractivity contribution in [3.8, 4) is 0 Å². The molecule has 0 amide bonds. The van der Waals surface area contributed by atoms with Crippen molar-refractivity contribution in [2.75, 3.05) is 12.3 Å². The summed E-state index contributed by atoms with van der Waals surface area (Å²) in [6, 6.07) is 4.56. The number of alkyl halides is 3. The number of para-hydroxylation sites is 1. The second kappa shape index (κ2) is 5.18. The van der Waals surface area contributed by atoms with E-state index in [1.54, 1.807) is 6.07 Å². The van der Waals surface area contributed by atoms with Gasteiger partial charge in [-0.25, -0.2) is 0 Å². The van der Waals surface area contributed by atoms with Gasteiger partial charge in [0.2, 0.25) is 0 Å². The van der Waals surface area contributed by atoms with Crippen LogP contribution >= 0.6 is 0 Å². The molecule has 1 aromatic rings. The monoisotopic (exact) mass is 258 g/mol. The average molecular weight is 258 g/mol. The molecule has 2 nitrogen and oxygen atoms in total. The molecular formula is C13H17F3N2. The topological polar surface area (TPSA) is 38.0 Å². The van der Waals surface area contributed by atoms with Crippen molar-refractivity contribution in [3.05, 3.63) is 29.3 Å². The highest BCUT2D eigenvalue weighted by Gasteiger charge is 2.33. The van der Waals surface area contributed by atoms with Crippen LogP contribution in [-0.2, 0) is 12.6 Å². The summed E-state index contributed by atoms with van der Waals surface area (Å²) in [5, 5.41) is 3.33. The van der Waals surface area contributed by atoms with Gasteiger partial charge >= 0.3 is 6.18 Å².